The Hall–Kier alpha value is -2.04. The van der Waals surface area contributed by atoms with Crippen LogP contribution >= 0.6 is 23.2 Å². The van der Waals surface area contributed by atoms with Crippen LogP contribution < -0.4 is 5.32 Å². The molecule has 6 heteroatoms. The van der Waals surface area contributed by atoms with Gasteiger partial charge >= 0.3 is 0 Å². The van der Waals surface area contributed by atoms with Crippen molar-refractivity contribution >= 4 is 35.0 Å². The molecule has 0 saturated carbocycles. The first-order valence-corrected chi connectivity index (χ1v) is 10.0. The fraction of sp³-hybridized carbons (Fsp3) is 0.364. The van der Waals surface area contributed by atoms with E-state index >= 15 is 0 Å². The van der Waals surface area contributed by atoms with Gasteiger partial charge in [0.25, 0.3) is 0 Å². The van der Waals surface area contributed by atoms with E-state index in [2.05, 4.69) is 5.32 Å². The molecule has 28 heavy (non-hydrogen) atoms. The molecule has 0 saturated heterocycles. The van der Waals surface area contributed by atoms with E-state index in [0.717, 1.165) is 16.7 Å². The summed E-state index contributed by atoms with van der Waals surface area (Å²) in [7, 11) is 0. The summed E-state index contributed by atoms with van der Waals surface area (Å²) in [6.45, 7) is 7.90. The Morgan fingerprint density at radius 2 is 1.71 bits per heavy atom. The number of aryl methyl sites for hydroxylation is 1. The molecule has 0 bridgehead atoms. The van der Waals surface area contributed by atoms with Crippen LogP contribution in [0.5, 0.6) is 0 Å². The number of carbonyl (C=O) groups excluding carboxylic acids is 2. The molecule has 0 aliphatic rings. The normalized spacial score (nSPS) is 12.0. The molecule has 2 amide bonds. The van der Waals surface area contributed by atoms with E-state index in [1.807, 2.05) is 45.0 Å². The Morgan fingerprint density at radius 1 is 1.00 bits per heavy atom. The van der Waals surface area contributed by atoms with E-state index < -0.39 is 6.04 Å². The van der Waals surface area contributed by atoms with Crippen molar-refractivity contribution in [1.82, 2.24) is 10.2 Å². The summed E-state index contributed by atoms with van der Waals surface area (Å²) in [6, 6.07) is 12.5. The van der Waals surface area contributed by atoms with Gasteiger partial charge in [-0.1, -0.05) is 59.1 Å². The minimum atomic E-state index is -0.599. The van der Waals surface area contributed by atoms with Crippen LogP contribution in [0, 0.1) is 6.92 Å². The predicted octanol–water partition coefficient (Wildman–Crippen LogP) is 4.79. The molecular weight excluding hydrogens is 395 g/mol. The highest BCUT2D eigenvalue weighted by Gasteiger charge is 2.26. The second kappa shape index (κ2) is 9.94. The van der Waals surface area contributed by atoms with Crippen molar-refractivity contribution in [3.63, 3.8) is 0 Å². The van der Waals surface area contributed by atoms with Gasteiger partial charge in [0, 0.05) is 12.6 Å². The summed E-state index contributed by atoms with van der Waals surface area (Å²) in [6.07, 6.45) is 0.141. The lowest BCUT2D eigenvalue weighted by Crippen LogP contribution is -2.49. The third-order valence-corrected chi connectivity index (χ3v) is 5.11. The number of halogens is 2. The quantitative estimate of drug-likeness (QED) is 0.699. The highest BCUT2D eigenvalue weighted by atomic mass is 35.5. The highest BCUT2D eigenvalue weighted by Crippen LogP contribution is 2.23. The molecule has 0 spiro atoms. The van der Waals surface area contributed by atoms with E-state index in [1.165, 1.54) is 0 Å². The zero-order valence-electron chi connectivity index (χ0n) is 16.6. The van der Waals surface area contributed by atoms with Crippen molar-refractivity contribution in [2.45, 2.75) is 52.7 Å². The first-order chi connectivity index (χ1) is 13.2. The summed E-state index contributed by atoms with van der Waals surface area (Å²) in [5.74, 6) is -0.323. The van der Waals surface area contributed by atoms with Gasteiger partial charge in [-0.25, -0.2) is 0 Å². The molecule has 4 nitrogen and oxygen atoms in total. The fourth-order valence-electron chi connectivity index (χ4n) is 2.92. The number of hydrogen-bond donors (Lipinski definition) is 1. The summed E-state index contributed by atoms with van der Waals surface area (Å²) in [5, 5.41) is 3.73. The first kappa shape index (κ1) is 22.3. The van der Waals surface area contributed by atoms with E-state index in [4.69, 9.17) is 23.2 Å². The van der Waals surface area contributed by atoms with Crippen LogP contribution in [0.2, 0.25) is 10.0 Å². The number of rotatable bonds is 7. The lowest BCUT2D eigenvalue weighted by Gasteiger charge is -2.29. The average molecular weight is 421 g/mol. The van der Waals surface area contributed by atoms with Crippen molar-refractivity contribution < 1.29 is 9.59 Å². The number of nitrogens with zero attached hydrogens (tertiary/aromatic N) is 1. The van der Waals surface area contributed by atoms with Crippen LogP contribution in [0.4, 0.5) is 0 Å². The molecule has 1 unspecified atom stereocenters. The van der Waals surface area contributed by atoms with E-state index in [9.17, 15) is 9.59 Å². The van der Waals surface area contributed by atoms with Gasteiger partial charge in [-0.15, -0.1) is 0 Å². The minimum absolute atomic E-state index is 0.000874. The van der Waals surface area contributed by atoms with Gasteiger partial charge in [-0.3, -0.25) is 9.59 Å². The van der Waals surface area contributed by atoms with Gasteiger partial charge < -0.3 is 10.2 Å². The van der Waals surface area contributed by atoms with E-state index in [-0.39, 0.29) is 24.3 Å². The molecule has 0 aliphatic carbocycles. The molecule has 2 aromatic carbocycles. The van der Waals surface area contributed by atoms with Crippen LogP contribution in [0.25, 0.3) is 0 Å². The fourth-order valence-corrected chi connectivity index (χ4v) is 3.24. The number of benzene rings is 2. The molecule has 1 N–H and O–H groups in total. The van der Waals surface area contributed by atoms with Crippen molar-refractivity contribution in [3.8, 4) is 0 Å². The van der Waals surface area contributed by atoms with Crippen LogP contribution in [-0.2, 0) is 22.6 Å². The summed E-state index contributed by atoms with van der Waals surface area (Å²) < 4.78 is 0. The molecule has 0 fully saturated rings. The summed E-state index contributed by atoms with van der Waals surface area (Å²) in [5.41, 5.74) is 2.84. The van der Waals surface area contributed by atoms with Crippen LogP contribution in [0.1, 0.15) is 37.5 Å². The molecule has 2 rings (SSSR count). The van der Waals surface area contributed by atoms with Crippen LogP contribution in [0.15, 0.2) is 42.5 Å². The summed E-state index contributed by atoms with van der Waals surface area (Å²) >= 11 is 12.0. The zero-order valence-corrected chi connectivity index (χ0v) is 18.1. The maximum atomic E-state index is 13.1. The number of amides is 2. The minimum Gasteiger partial charge on any atom is -0.352 e. The number of nitrogens with one attached hydrogen (secondary N) is 1. The van der Waals surface area contributed by atoms with Gasteiger partial charge in [0.15, 0.2) is 0 Å². The lowest BCUT2D eigenvalue weighted by molar-refractivity contribution is -0.140. The molecule has 2 aromatic rings. The third-order valence-electron chi connectivity index (χ3n) is 4.37. The SMILES string of the molecule is Cc1cccc(CN(C(=O)Cc2ccc(Cl)c(Cl)c2)C(C)C(=O)NC(C)C)c1. The second-order valence-corrected chi connectivity index (χ2v) is 8.09. The Kier molecular flexibility index (Phi) is 7.90. The predicted molar refractivity (Wildman–Crippen MR) is 115 cm³/mol. The monoisotopic (exact) mass is 420 g/mol. The van der Waals surface area contributed by atoms with Crippen molar-refractivity contribution in [2.75, 3.05) is 0 Å². The molecule has 0 aromatic heterocycles. The van der Waals surface area contributed by atoms with Gasteiger partial charge in [-0.05, 0) is 51.0 Å². The van der Waals surface area contributed by atoms with Crippen molar-refractivity contribution in [3.05, 3.63) is 69.2 Å². The van der Waals surface area contributed by atoms with Gasteiger partial charge in [0.05, 0.1) is 16.5 Å². The molecule has 1 atom stereocenters. The lowest BCUT2D eigenvalue weighted by atomic mass is 10.1. The Bertz CT molecular complexity index is 852. The Labute approximate surface area is 176 Å². The second-order valence-electron chi connectivity index (χ2n) is 7.28. The molecule has 0 heterocycles. The van der Waals surface area contributed by atoms with E-state index in [1.54, 1.807) is 30.0 Å². The highest BCUT2D eigenvalue weighted by molar-refractivity contribution is 6.42. The molecule has 0 radical (unpaired) electrons. The maximum Gasteiger partial charge on any atom is 0.242 e. The van der Waals surface area contributed by atoms with Crippen molar-refractivity contribution in [2.24, 2.45) is 0 Å². The van der Waals surface area contributed by atoms with Gasteiger partial charge in [0.1, 0.15) is 6.04 Å². The maximum absolute atomic E-state index is 13.1. The first-order valence-electron chi connectivity index (χ1n) is 9.26. The molecule has 0 aliphatic heterocycles. The number of carbonyl (C=O) groups is 2. The van der Waals surface area contributed by atoms with Crippen LogP contribution in [0.3, 0.4) is 0 Å². The molecule has 150 valence electrons. The number of hydrogen-bond acceptors (Lipinski definition) is 2. The average Bonchev–Trinajstić information content (AvgIpc) is 2.61. The topological polar surface area (TPSA) is 49.4 Å². The Balaban J connectivity index is 2.26. The smallest absolute Gasteiger partial charge is 0.242 e. The van der Waals surface area contributed by atoms with Crippen LogP contribution in [-0.4, -0.2) is 28.8 Å². The van der Waals surface area contributed by atoms with Gasteiger partial charge in [-0.2, -0.15) is 0 Å². The zero-order chi connectivity index (χ0) is 20.8. The standard InChI is InChI=1S/C22H26Cl2N2O2/c1-14(2)25-22(28)16(4)26(13-18-7-5-6-15(3)10-18)21(27)12-17-8-9-19(23)20(24)11-17/h5-11,14,16H,12-13H2,1-4H3,(H,25,28). The largest absolute Gasteiger partial charge is 0.352 e. The van der Waals surface area contributed by atoms with Crippen molar-refractivity contribution in [1.29, 1.82) is 0 Å². The molecular formula is C22H26Cl2N2O2. The summed E-state index contributed by atoms with van der Waals surface area (Å²) in [4.78, 5) is 27.3. The third kappa shape index (κ3) is 6.25. The van der Waals surface area contributed by atoms with Gasteiger partial charge in [0.2, 0.25) is 11.8 Å². The van der Waals surface area contributed by atoms with E-state index in [0.29, 0.717) is 16.6 Å². The Morgan fingerprint density at radius 3 is 2.32 bits per heavy atom.